The lowest BCUT2D eigenvalue weighted by atomic mass is 9.85. The Morgan fingerprint density at radius 1 is 0.686 bits per heavy atom. The lowest BCUT2D eigenvalue weighted by molar-refractivity contribution is -0.334. The number of phenols is 3. The number of phenolic OH excluding ortho intramolecular Hbond substituents is 3. The lowest BCUT2D eigenvalue weighted by Gasteiger charge is -2.48. The summed E-state index contributed by atoms with van der Waals surface area (Å²) in [5.74, 6) is -17.9. The third-order valence-electron chi connectivity index (χ3n) is 24.6. The number of fused-ring (bicyclic) bond motifs is 15. The SMILES string of the molecule is CCCCCCCCCCNCCNC1(C)CC(OC2C(Oc3c4cc5cc3Oc3ccc(cc3Cl)C(O)C(NC(=O)C(CC(C)C)N(C)C(=O)OCc3ccc(NC(=O)OCCCC(O)C=O)cc3)C(=O)NC(CC(N)=O)C(=O)NC5C(=O)NC3C(=O)NC(C(=O)NC(C(=O)O)c5cc(O)c(CNCC=O)c(O)c5-c5cc3ccc5O)C(O)c3ccc(c(Cl)c3)O4)OC(CO)C(O)C2O)OC(C)C1O. The first-order chi connectivity index (χ1) is 66.7. The lowest BCUT2D eigenvalue weighted by Crippen LogP contribution is -2.65. The van der Waals surface area contributed by atoms with Crippen molar-refractivity contribution in [2.75, 3.05) is 51.8 Å². The van der Waals surface area contributed by atoms with E-state index in [0.29, 0.717) is 31.2 Å². The van der Waals surface area contributed by atoms with E-state index in [9.17, 15) is 84.9 Å². The van der Waals surface area contributed by atoms with Gasteiger partial charge >= 0.3 is 18.2 Å². The maximum Gasteiger partial charge on any atom is 0.411 e. The number of aldehydes is 2. The third-order valence-corrected chi connectivity index (χ3v) is 25.1. The first-order valence-corrected chi connectivity index (χ1v) is 46.7. The number of ether oxygens (including phenoxy) is 8. The molecule has 2 saturated heterocycles. The molecule has 43 nitrogen and oxygen atoms in total. The van der Waals surface area contributed by atoms with Crippen LogP contribution in [-0.2, 0) is 84.8 Å². The first-order valence-electron chi connectivity index (χ1n) is 45.9. The van der Waals surface area contributed by atoms with Crippen molar-refractivity contribution in [3.8, 4) is 57.1 Å². The monoisotopic (exact) mass is 1990 g/mol. The molecule has 140 heavy (non-hydrogen) atoms. The summed E-state index contributed by atoms with van der Waals surface area (Å²) in [5.41, 5.74) is 1.44. The number of aromatic hydroxyl groups is 3. The molecule has 6 aromatic carbocycles. The Balaban J connectivity index is 1.04. The van der Waals surface area contributed by atoms with Gasteiger partial charge in [-0.05, 0) is 147 Å². The molecule has 6 aromatic rings. The van der Waals surface area contributed by atoms with Crippen LogP contribution in [0.3, 0.4) is 0 Å². The van der Waals surface area contributed by atoms with Crippen LogP contribution >= 0.6 is 23.2 Å². The summed E-state index contributed by atoms with van der Waals surface area (Å²) in [6.07, 6.45) is -12.7. The number of carboxylic acids is 1. The zero-order valence-electron chi connectivity index (χ0n) is 77.6. The number of unbranched alkanes of at least 4 members (excludes halogenated alkanes) is 7. The second-order valence-electron chi connectivity index (χ2n) is 35.5. The summed E-state index contributed by atoms with van der Waals surface area (Å²) in [4.78, 5) is 171. The number of hydrogen-bond donors (Lipinski definition) is 22. The van der Waals surface area contributed by atoms with Gasteiger partial charge in [-0.25, -0.2) is 14.4 Å². The molecule has 0 radical (unpaired) electrons. The second kappa shape index (κ2) is 49.8. The van der Waals surface area contributed by atoms with Gasteiger partial charge in [0, 0.05) is 61.0 Å². The van der Waals surface area contributed by atoms with Crippen molar-refractivity contribution in [3.63, 3.8) is 0 Å². The topological polar surface area (TPSA) is 651 Å². The predicted molar refractivity (Wildman–Crippen MR) is 498 cm³/mol. The molecule has 19 atom stereocenters. The van der Waals surface area contributed by atoms with Crippen LogP contribution in [-0.4, -0.2) is 265 Å². The number of primary amides is 1. The number of benzene rings is 6. The number of aliphatic hydroxyl groups is 7. The molecule has 11 bridgehead atoms. The molecule has 13 rings (SSSR count). The van der Waals surface area contributed by atoms with Crippen molar-refractivity contribution >= 4 is 101 Å². The Morgan fingerprint density at radius 2 is 1.32 bits per heavy atom. The van der Waals surface area contributed by atoms with Crippen LogP contribution < -0.4 is 73.1 Å². The quantitative estimate of drug-likeness (QED) is 0.0185. The van der Waals surface area contributed by atoms with E-state index in [4.69, 9.17) is 66.8 Å². The number of amides is 9. The molecule has 760 valence electrons. The van der Waals surface area contributed by atoms with E-state index < -0.39 is 296 Å². The summed E-state index contributed by atoms with van der Waals surface area (Å²) in [6.45, 7) is 7.97. The van der Waals surface area contributed by atoms with Gasteiger partial charge in [-0.2, -0.15) is 0 Å². The highest BCUT2D eigenvalue weighted by Gasteiger charge is 2.53. The molecule has 45 heteroatoms. The molecular formula is C95H120Cl2N12O31. The summed E-state index contributed by atoms with van der Waals surface area (Å²) in [6, 6.07) is 2.51. The van der Waals surface area contributed by atoms with Crippen LogP contribution in [0.1, 0.15) is 187 Å². The number of halogens is 2. The van der Waals surface area contributed by atoms with Gasteiger partial charge in [0.2, 0.25) is 53.4 Å². The van der Waals surface area contributed by atoms with E-state index in [1.165, 1.54) is 50.6 Å². The minimum atomic E-state index is -2.48. The fourth-order valence-corrected chi connectivity index (χ4v) is 17.3. The number of nitrogens with two attached hydrogens (primary N) is 1. The van der Waals surface area contributed by atoms with Gasteiger partial charge < -0.3 is 157 Å². The van der Waals surface area contributed by atoms with Crippen LogP contribution in [0.15, 0.2) is 97.1 Å². The highest BCUT2D eigenvalue weighted by molar-refractivity contribution is 6.32. The van der Waals surface area contributed by atoms with Gasteiger partial charge in [-0.15, -0.1) is 0 Å². The molecular weight excluding hydrogens is 1880 g/mol. The molecule has 0 saturated carbocycles. The van der Waals surface area contributed by atoms with Crippen LogP contribution in [0.25, 0.3) is 11.1 Å². The fourth-order valence-electron chi connectivity index (χ4n) is 16.9. The highest BCUT2D eigenvalue weighted by Crippen LogP contribution is 2.51. The van der Waals surface area contributed by atoms with Gasteiger partial charge in [0.15, 0.2) is 29.9 Å². The first kappa shape index (κ1) is 108. The largest absolute Gasteiger partial charge is 0.507 e. The molecule has 23 N–H and O–H groups in total. The Labute approximate surface area is 814 Å². The number of aliphatic hydroxyl groups excluding tert-OH is 7. The standard InChI is InChI=1S/C95H120Cl2N12O31/c1-7-8-9-10-11-12-13-14-27-99-28-29-101-95(5)41-70(135-47(4)84(95)122)139-83-81(121)80(120)68(44-112)138-92(83)140-82-66-37-52-38-67(82)137-65-26-21-51(36-59(65)97)78(118)76-90(128)106-74(91(129)130)56-39-63(115)57(42-100-30-31-110)79(119)71(56)55-34-49(19-24-62(55)114)72(87(125)108-76)105-88(126)73(52)104-85(123)60(40-69(98)116)103-89(127)75(77(117)50-20-25-64(136-66)58(96)35-50)107-86(124)61(33-46(2)3)109(6)94(132)134-45-48-17-22-53(23-18-48)102-93(131)133-32-15-16-54(113)43-111/h17-26,31,34-39,43,46-47,54,60-61,68,70,72-78,80-81,83-84,92,99-101,112-115,117-122H,7-16,27-30,32-33,40-42,44-45H2,1-6H3,(H2,98,116)(H,102,131)(H,103,127)(H,104,123)(H,105,126)(H,106,128)(H,107,124)(H,108,125)(H,129,130). The fraction of sp³-hybridized carbons (Fsp3) is 0.495. The number of hydrogen-bond acceptors (Lipinski definition) is 33. The summed E-state index contributed by atoms with van der Waals surface area (Å²) in [7, 11) is 1.20. The number of nitrogens with one attached hydrogen (secondary N) is 10. The Hall–Kier alpha value is -12.2. The van der Waals surface area contributed by atoms with Crippen molar-refractivity contribution in [2.45, 2.75) is 247 Å². The Morgan fingerprint density at radius 3 is 1.95 bits per heavy atom. The molecule has 7 aliphatic heterocycles. The average Bonchev–Trinajstić information content (AvgIpc) is 0.771. The number of carboxylic acid groups (broad SMARTS) is 1. The number of carbonyl (C=O) groups excluding carboxylic acids is 11. The highest BCUT2D eigenvalue weighted by atomic mass is 35.5. The van der Waals surface area contributed by atoms with Gasteiger partial charge in [0.1, 0.15) is 121 Å². The molecule has 0 aromatic heterocycles. The second-order valence-corrected chi connectivity index (χ2v) is 36.3. The molecule has 2 fully saturated rings. The minimum Gasteiger partial charge on any atom is -0.507 e. The number of anilines is 1. The summed E-state index contributed by atoms with van der Waals surface area (Å²) < 4.78 is 50.4. The van der Waals surface area contributed by atoms with E-state index in [1.807, 2.05) is 0 Å². The summed E-state index contributed by atoms with van der Waals surface area (Å²) in [5, 5.41) is 154. The molecule has 9 amide bonds. The van der Waals surface area contributed by atoms with Crippen LogP contribution in [0.4, 0.5) is 15.3 Å². The smallest absolute Gasteiger partial charge is 0.411 e. The number of rotatable bonds is 38. The number of nitrogens with zero attached hydrogens (tertiary/aromatic N) is 1. The van der Waals surface area contributed by atoms with E-state index in [0.717, 1.165) is 116 Å². The Bertz CT molecular complexity index is 5430. The van der Waals surface area contributed by atoms with Crippen molar-refractivity contribution in [2.24, 2.45) is 11.7 Å². The van der Waals surface area contributed by atoms with Gasteiger partial charge in [0.25, 0.3) is 0 Å². The van der Waals surface area contributed by atoms with E-state index in [1.54, 1.807) is 27.7 Å². The molecule has 7 heterocycles. The van der Waals surface area contributed by atoms with Gasteiger partial charge in [-0.1, -0.05) is 119 Å². The van der Waals surface area contributed by atoms with Crippen molar-refractivity contribution in [3.05, 3.63) is 146 Å². The Kier molecular flexibility index (Phi) is 38.5. The number of likely N-dealkylation sites (N-methyl/N-ethyl adjacent to an activating group) is 1. The van der Waals surface area contributed by atoms with Crippen LogP contribution in [0.2, 0.25) is 10.0 Å². The molecule has 19 unspecified atom stereocenters. The number of aliphatic carboxylic acids is 1. The maximum absolute atomic E-state index is 16.5. The molecule has 0 spiro atoms. The van der Waals surface area contributed by atoms with Crippen molar-refractivity contribution in [1.82, 2.24) is 52.8 Å². The van der Waals surface area contributed by atoms with E-state index in [-0.39, 0.29) is 55.6 Å². The molecule has 7 aliphatic rings. The molecule has 0 aliphatic carbocycles. The minimum absolute atomic E-state index is 0.0641. The number of carbonyl (C=O) groups is 12. The zero-order valence-corrected chi connectivity index (χ0v) is 79.1. The van der Waals surface area contributed by atoms with Gasteiger partial charge in [0.05, 0.1) is 54.0 Å². The van der Waals surface area contributed by atoms with Crippen LogP contribution in [0.5, 0.6) is 46.0 Å². The van der Waals surface area contributed by atoms with Crippen molar-refractivity contribution in [1.29, 1.82) is 0 Å². The average molecular weight is 2000 g/mol. The normalized spacial score (nSPS) is 24.6. The zero-order chi connectivity index (χ0) is 102. The van der Waals surface area contributed by atoms with Gasteiger partial charge in [-0.3, -0.25) is 43.8 Å². The maximum atomic E-state index is 16.5. The third kappa shape index (κ3) is 27.3. The van der Waals surface area contributed by atoms with E-state index in [2.05, 4.69) is 60.1 Å². The van der Waals surface area contributed by atoms with E-state index >= 15 is 28.8 Å². The summed E-state index contributed by atoms with van der Waals surface area (Å²) >= 11 is 14.5. The van der Waals surface area contributed by atoms with Crippen molar-refractivity contribution < 1.29 is 152 Å². The van der Waals surface area contributed by atoms with Crippen LogP contribution in [0, 0.1) is 5.92 Å². The predicted octanol–water partition coefficient (Wildman–Crippen LogP) is 4.69.